The Labute approximate surface area is 112 Å². The summed E-state index contributed by atoms with van der Waals surface area (Å²) in [5.41, 5.74) is 0. The first-order valence-electron chi connectivity index (χ1n) is 6.18. The molecule has 0 aromatic rings. The number of ether oxygens (including phenoxy) is 2. The van der Waals surface area contributed by atoms with E-state index in [2.05, 4.69) is 10.1 Å². The molecule has 2 amide bonds. The van der Waals surface area contributed by atoms with E-state index in [1.807, 2.05) is 0 Å². The zero-order valence-corrected chi connectivity index (χ0v) is 11.5. The molecule has 1 aliphatic heterocycles. The number of nitrogens with zero attached hydrogens (tertiary/aromatic N) is 1. The molecule has 2 unspecified atom stereocenters. The number of esters is 1. The number of amides is 2. The molecular weight excluding hydrogens is 252 g/mol. The smallest absolute Gasteiger partial charge is 0.308 e. The third-order valence-corrected chi connectivity index (χ3v) is 2.86. The van der Waals surface area contributed by atoms with Crippen LogP contribution >= 0.6 is 0 Å². The summed E-state index contributed by atoms with van der Waals surface area (Å²) >= 11 is 0. The second-order valence-electron chi connectivity index (χ2n) is 4.48. The van der Waals surface area contributed by atoms with Gasteiger partial charge in [-0.15, -0.1) is 0 Å². The lowest BCUT2D eigenvalue weighted by molar-refractivity contribution is -0.150. The molecule has 0 aromatic heterocycles. The van der Waals surface area contributed by atoms with Gasteiger partial charge in [0.25, 0.3) is 0 Å². The average Bonchev–Trinajstić information content (AvgIpc) is 2.37. The number of hydrogen-bond acceptors (Lipinski definition) is 5. The third kappa shape index (κ3) is 4.86. The van der Waals surface area contributed by atoms with E-state index >= 15 is 0 Å². The van der Waals surface area contributed by atoms with Gasteiger partial charge in [-0.2, -0.15) is 0 Å². The van der Waals surface area contributed by atoms with Gasteiger partial charge in [0.1, 0.15) is 6.04 Å². The molecule has 1 saturated heterocycles. The highest BCUT2D eigenvalue weighted by atomic mass is 16.5. The van der Waals surface area contributed by atoms with Crippen LogP contribution < -0.4 is 5.32 Å². The summed E-state index contributed by atoms with van der Waals surface area (Å²) in [5, 5.41) is 2.54. The molecule has 1 heterocycles. The predicted molar refractivity (Wildman–Crippen MR) is 66.2 cm³/mol. The molecule has 2 atom stereocenters. The highest BCUT2D eigenvalue weighted by Crippen LogP contribution is 2.10. The third-order valence-electron chi connectivity index (χ3n) is 2.86. The zero-order chi connectivity index (χ0) is 14.4. The Bertz CT molecular complexity index is 358. The maximum Gasteiger partial charge on any atom is 0.308 e. The molecule has 0 radical (unpaired) electrons. The fraction of sp³-hybridized carbons (Fsp3) is 0.750. The van der Waals surface area contributed by atoms with Crippen LogP contribution in [0.1, 0.15) is 20.3 Å². The summed E-state index contributed by atoms with van der Waals surface area (Å²) < 4.78 is 9.98. The Balaban J connectivity index is 2.51. The van der Waals surface area contributed by atoms with Crippen molar-refractivity contribution in [2.75, 3.05) is 26.8 Å². The fourth-order valence-electron chi connectivity index (χ4n) is 1.95. The van der Waals surface area contributed by atoms with Gasteiger partial charge >= 0.3 is 5.97 Å². The van der Waals surface area contributed by atoms with E-state index in [0.717, 1.165) is 0 Å². The van der Waals surface area contributed by atoms with Crippen LogP contribution in [0.25, 0.3) is 0 Å². The Morgan fingerprint density at radius 2 is 2.16 bits per heavy atom. The standard InChI is InChI=1S/C12H20N2O5/c1-8(13-9(2)15)12(17)14-4-5-19-10(7-14)6-11(16)18-3/h8,10H,4-7H2,1-3H3,(H,13,15). The van der Waals surface area contributed by atoms with Crippen LogP contribution in [-0.2, 0) is 23.9 Å². The molecule has 7 heteroatoms. The van der Waals surface area contributed by atoms with Crippen LogP contribution in [0.2, 0.25) is 0 Å². The molecule has 108 valence electrons. The van der Waals surface area contributed by atoms with Crippen molar-refractivity contribution in [3.8, 4) is 0 Å². The van der Waals surface area contributed by atoms with Crippen LogP contribution in [0, 0.1) is 0 Å². The minimum atomic E-state index is -0.575. The van der Waals surface area contributed by atoms with Crippen molar-refractivity contribution in [1.29, 1.82) is 0 Å². The number of nitrogens with one attached hydrogen (secondary N) is 1. The lowest BCUT2D eigenvalue weighted by Gasteiger charge is -2.34. The van der Waals surface area contributed by atoms with Crippen molar-refractivity contribution in [3.63, 3.8) is 0 Å². The van der Waals surface area contributed by atoms with Crippen LogP contribution in [0.3, 0.4) is 0 Å². The number of carbonyl (C=O) groups is 3. The number of morpholine rings is 1. The monoisotopic (exact) mass is 272 g/mol. The van der Waals surface area contributed by atoms with Crippen LogP contribution in [0.15, 0.2) is 0 Å². The van der Waals surface area contributed by atoms with Gasteiger partial charge in [-0.05, 0) is 6.92 Å². The minimum absolute atomic E-state index is 0.120. The van der Waals surface area contributed by atoms with Gasteiger partial charge in [0.15, 0.2) is 0 Å². The van der Waals surface area contributed by atoms with Crippen molar-refractivity contribution < 1.29 is 23.9 Å². The Morgan fingerprint density at radius 3 is 2.74 bits per heavy atom. The van der Waals surface area contributed by atoms with Crippen LogP contribution in [-0.4, -0.2) is 61.6 Å². The maximum absolute atomic E-state index is 12.1. The van der Waals surface area contributed by atoms with Gasteiger partial charge in [-0.3, -0.25) is 14.4 Å². The number of carbonyl (C=O) groups excluding carboxylic acids is 3. The Morgan fingerprint density at radius 1 is 1.47 bits per heavy atom. The van der Waals surface area contributed by atoms with Gasteiger partial charge in [-0.25, -0.2) is 0 Å². The van der Waals surface area contributed by atoms with Gasteiger partial charge < -0.3 is 19.7 Å². The normalized spacial score (nSPS) is 20.6. The van der Waals surface area contributed by atoms with Gasteiger partial charge in [0.05, 0.1) is 26.2 Å². The molecule has 1 N–H and O–H groups in total. The van der Waals surface area contributed by atoms with Crippen molar-refractivity contribution in [2.24, 2.45) is 0 Å². The lowest BCUT2D eigenvalue weighted by atomic mass is 10.2. The summed E-state index contributed by atoms with van der Waals surface area (Å²) in [6.45, 7) is 4.16. The lowest BCUT2D eigenvalue weighted by Crippen LogP contribution is -2.52. The molecule has 7 nitrogen and oxygen atoms in total. The summed E-state index contributed by atoms with van der Waals surface area (Å²) in [6, 6.07) is -0.575. The van der Waals surface area contributed by atoms with E-state index in [1.165, 1.54) is 14.0 Å². The predicted octanol–water partition coefficient (Wildman–Crippen LogP) is -0.698. The largest absolute Gasteiger partial charge is 0.469 e. The van der Waals surface area contributed by atoms with E-state index in [4.69, 9.17) is 4.74 Å². The van der Waals surface area contributed by atoms with E-state index in [0.29, 0.717) is 19.7 Å². The zero-order valence-electron chi connectivity index (χ0n) is 11.5. The Hall–Kier alpha value is -1.63. The van der Waals surface area contributed by atoms with E-state index in [9.17, 15) is 14.4 Å². The minimum Gasteiger partial charge on any atom is -0.469 e. The molecular formula is C12H20N2O5. The van der Waals surface area contributed by atoms with Gasteiger partial charge in [0, 0.05) is 20.0 Å². The first-order valence-corrected chi connectivity index (χ1v) is 6.18. The first-order chi connectivity index (χ1) is 8.93. The second kappa shape index (κ2) is 7.08. The molecule has 1 rings (SSSR count). The summed E-state index contributed by atoms with van der Waals surface area (Å²) in [7, 11) is 1.31. The van der Waals surface area contributed by atoms with E-state index in [-0.39, 0.29) is 30.3 Å². The van der Waals surface area contributed by atoms with E-state index < -0.39 is 6.04 Å². The average molecular weight is 272 g/mol. The van der Waals surface area contributed by atoms with Crippen molar-refractivity contribution in [3.05, 3.63) is 0 Å². The summed E-state index contributed by atoms with van der Waals surface area (Å²) in [5.74, 6) is -0.789. The highest BCUT2D eigenvalue weighted by molar-refractivity contribution is 5.86. The van der Waals surface area contributed by atoms with Gasteiger partial charge in [0.2, 0.25) is 11.8 Å². The SMILES string of the molecule is COC(=O)CC1CN(C(=O)C(C)NC(C)=O)CCO1. The molecule has 0 spiro atoms. The van der Waals surface area contributed by atoms with E-state index in [1.54, 1.807) is 11.8 Å². The fourth-order valence-corrected chi connectivity index (χ4v) is 1.95. The number of methoxy groups -OCH3 is 1. The Kier molecular flexibility index (Phi) is 5.75. The molecule has 1 aliphatic rings. The number of rotatable bonds is 4. The first kappa shape index (κ1) is 15.4. The topological polar surface area (TPSA) is 84.9 Å². The molecule has 1 fully saturated rings. The molecule has 0 aromatic carbocycles. The van der Waals surface area contributed by atoms with Crippen molar-refractivity contribution in [2.45, 2.75) is 32.4 Å². The summed E-state index contributed by atoms with van der Waals surface area (Å²) in [4.78, 5) is 35.8. The molecule has 19 heavy (non-hydrogen) atoms. The highest BCUT2D eigenvalue weighted by Gasteiger charge is 2.28. The van der Waals surface area contributed by atoms with Crippen LogP contribution in [0.4, 0.5) is 0 Å². The van der Waals surface area contributed by atoms with Crippen molar-refractivity contribution >= 4 is 17.8 Å². The van der Waals surface area contributed by atoms with Gasteiger partial charge in [-0.1, -0.05) is 0 Å². The molecule has 0 aliphatic carbocycles. The quantitative estimate of drug-likeness (QED) is 0.684. The maximum atomic E-state index is 12.1. The number of hydrogen-bond donors (Lipinski definition) is 1. The van der Waals surface area contributed by atoms with Crippen LogP contribution in [0.5, 0.6) is 0 Å². The second-order valence-corrected chi connectivity index (χ2v) is 4.48. The summed E-state index contributed by atoms with van der Waals surface area (Å²) in [6.07, 6.45) is -0.232. The molecule has 0 bridgehead atoms. The molecule has 0 saturated carbocycles. The van der Waals surface area contributed by atoms with Crippen molar-refractivity contribution in [1.82, 2.24) is 10.2 Å².